The van der Waals surface area contributed by atoms with Crippen LogP contribution in [0.2, 0.25) is 0 Å². The van der Waals surface area contributed by atoms with Gasteiger partial charge in [0.05, 0.1) is 13.0 Å². The summed E-state index contributed by atoms with van der Waals surface area (Å²) in [6.07, 6.45) is 5.02. The number of hydrogen-bond acceptors (Lipinski definition) is 3. The van der Waals surface area contributed by atoms with E-state index in [-0.39, 0.29) is 5.91 Å². The maximum atomic E-state index is 11.6. The molecule has 0 bridgehead atoms. The van der Waals surface area contributed by atoms with Crippen LogP contribution in [0.4, 0.5) is 0 Å². The molecule has 0 saturated heterocycles. The summed E-state index contributed by atoms with van der Waals surface area (Å²) in [5, 5.41) is 0. The zero-order chi connectivity index (χ0) is 12.1. The van der Waals surface area contributed by atoms with Gasteiger partial charge in [0, 0.05) is 16.9 Å². The molecule has 1 aromatic carbocycles. The molecule has 0 radical (unpaired) electrons. The highest BCUT2D eigenvalue weighted by Gasteiger charge is 2.03. The standard InChI is InChI=1S/C12H11BrN2O2/c13-10-1-3-11(4-2-10)17-8-5-12(16)15-7-6-14-9-15/h1-4,6-7,9H,5,8H2. The molecule has 0 aliphatic rings. The lowest BCUT2D eigenvalue weighted by Crippen LogP contribution is -2.12. The molecule has 17 heavy (non-hydrogen) atoms. The molecule has 0 N–H and O–H groups in total. The number of rotatable bonds is 4. The second-order valence-electron chi connectivity index (χ2n) is 3.42. The van der Waals surface area contributed by atoms with Crippen molar-refractivity contribution >= 4 is 21.8 Å². The number of aromatic nitrogens is 2. The van der Waals surface area contributed by atoms with Gasteiger partial charge in [0.2, 0.25) is 5.91 Å². The molecule has 2 rings (SSSR count). The Kier molecular flexibility index (Phi) is 3.93. The Morgan fingerprint density at radius 2 is 2.12 bits per heavy atom. The Hall–Kier alpha value is -1.62. The molecule has 0 amide bonds. The van der Waals surface area contributed by atoms with Crippen LogP contribution in [0.15, 0.2) is 47.5 Å². The summed E-state index contributed by atoms with van der Waals surface area (Å²) in [5.41, 5.74) is 0. The highest BCUT2D eigenvalue weighted by atomic mass is 79.9. The van der Waals surface area contributed by atoms with Crippen molar-refractivity contribution in [1.29, 1.82) is 0 Å². The maximum absolute atomic E-state index is 11.6. The van der Waals surface area contributed by atoms with Gasteiger partial charge in [-0.25, -0.2) is 4.98 Å². The van der Waals surface area contributed by atoms with E-state index in [1.54, 1.807) is 12.4 Å². The van der Waals surface area contributed by atoms with Crippen molar-refractivity contribution < 1.29 is 9.53 Å². The lowest BCUT2D eigenvalue weighted by atomic mass is 10.3. The first kappa shape index (κ1) is 11.9. The Balaban J connectivity index is 1.80. The molecule has 4 nitrogen and oxygen atoms in total. The fraction of sp³-hybridized carbons (Fsp3) is 0.167. The van der Waals surface area contributed by atoms with Crippen molar-refractivity contribution in [3.8, 4) is 5.75 Å². The maximum Gasteiger partial charge on any atom is 0.235 e. The van der Waals surface area contributed by atoms with E-state index < -0.39 is 0 Å². The average molecular weight is 295 g/mol. The van der Waals surface area contributed by atoms with E-state index in [0.29, 0.717) is 13.0 Å². The molecule has 0 spiro atoms. The zero-order valence-corrected chi connectivity index (χ0v) is 10.6. The fourth-order valence-corrected chi connectivity index (χ4v) is 1.59. The Bertz CT molecular complexity index is 480. The minimum Gasteiger partial charge on any atom is -0.493 e. The van der Waals surface area contributed by atoms with Gasteiger partial charge in [0.1, 0.15) is 12.1 Å². The van der Waals surface area contributed by atoms with Crippen LogP contribution in [-0.2, 0) is 0 Å². The van der Waals surface area contributed by atoms with Crippen LogP contribution >= 0.6 is 15.9 Å². The van der Waals surface area contributed by atoms with Crippen molar-refractivity contribution in [1.82, 2.24) is 9.55 Å². The van der Waals surface area contributed by atoms with Gasteiger partial charge in [0.15, 0.2) is 0 Å². The third-order valence-corrected chi connectivity index (χ3v) is 2.72. The van der Waals surface area contributed by atoms with Crippen LogP contribution in [0.5, 0.6) is 5.75 Å². The van der Waals surface area contributed by atoms with E-state index in [4.69, 9.17) is 4.74 Å². The molecule has 88 valence electrons. The number of imidazole rings is 1. The molecule has 0 aliphatic carbocycles. The zero-order valence-electron chi connectivity index (χ0n) is 9.04. The van der Waals surface area contributed by atoms with Gasteiger partial charge in [-0.2, -0.15) is 0 Å². The summed E-state index contributed by atoms with van der Waals surface area (Å²) in [6.45, 7) is 0.360. The molecule has 1 aromatic heterocycles. The summed E-state index contributed by atoms with van der Waals surface area (Å²) in [5.74, 6) is 0.728. The van der Waals surface area contributed by atoms with Crippen molar-refractivity contribution in [2.45, 2.75) is 6.42 Å². The summed E-state index contributed by atoms with van der Waals surface area (Å²) >= 11 is 3.34. The second kappa shape index (κ2) is 5.63. The van der Waals surface area contributed by atoms with Crippen molar-refractivity contribution in [2.75, 3.05) is 6.61 Å². The summed E-state index contributed by atoms with van der Waals surface area (Å²) in [6, 6.07) is 7.50. The molecule has 0 saturated carbocycles. The molecule has 5 heteroatoms. The first-order valence-corrected chi connectivity index (χ1v) is 5.94. The average Bonchev–Trinajstić information content (AvgIpc) is 2.85. The number of carbonyl (C=O) groups excluding carboxylic acids is 1. The summed E-state index contributed by atoms with van der Waals surface area (Å²) < 4.78 is 7.90. The third kappa shape index (κ3) is 3.42. The molecular weight excluding hydrogens is 284 g/mol. The highest BCUT2D eigenvalue weighted by molar-refractivity contribution is 9.10. The lowest BCUT2D eigenvalue weighted by Gasteiger charge is -2.05. The number of ether oxygens (including phenoxy) is 1. The van der Waals surface area contributed by atoms with E-state index in [2.05, 4.69) is 20.9 Å². The topological polar surface area (TPSA) is 44.1 Å². The minimum absolute atomic E-state index is 0.0281. The van der Waals surface area contributed by atoms with E-state index >= 15 is 0 Å². The van der Waals surface area contributed by atoms with Crippen molar-refractivity contribution in [3.05, 3.63) is 47.5 Å². The fourth-order valence-electron chi connectivity index (χ4n) is 1.32. The number of hydrogen-bond donors (Lipinski definition) is 0. The summed E-state index contributed by atoms with van der Waals surface area (Å²) in [7, 11) is 0. The third-order valence-electron chi connectivity index (χ3n) is 2.19. The van der Waals surface area contributed by atoms with E-state index in [1.165, 1.54) is 10.9 Å². The molecular formula is C12H11BrN2O2. The van der Waals surface area contributed by atoms with Gasteiger partial charge in [0.25, 0.3) is 0 Å². The van der Waals surface area contributed by atoms with E-state index in [0.717, 1.165) is 10.2 Å². The highest BCUT2D eigenvalue weighted by Crippen LogP contribution is 2.16. The molecule has 1 heterocycles. The number of benzene rings is 1. The quantitative estimate of drug-likeness (QED) is 0.871. The largest absolute Gasteiger partial charge is 0.493 e. The smallest absolute Gasteiger partial charge is 0.235 e. The van der Waals surface area contributed by atoms with Gasteiger partial charge in [-0.3, -0.25) is 9.36 Å². The molecule has 0 atom stereocenters. The minimum atomic E-state index is -0.0281. The molecule has 0 fully saturated rings. The SMILES string of the molecule is O=C(CCOc1ccc(Br)cc1)n1ccnc1. The first-order chi connectivity index (χ1) is 8.25. The van der Waals surface area contributed by atoms with E-state index in [1.807, 2.05) is 24.3 Å². The first-order valence-electron chi connectivity index (χ1n) is 5.15. The molecule has 0 aliphatic heterocycles. The summed E-state index contributed by atoms with van der Waals surface area (Å²) in [4.78, 5) is 15.4. The lowest BCUT2D eigenvalue weighted by molar-refractivity contribution is 0.0881. The second-order valence-corrected chi connectivity index (χ2v) is 4.33. The van der Waals surface area contributed by atoms with Crippen LogP contribution in [0.3, 0.4) is 0 Å². The number of carbonyl (C=O) groups is 1. The Morgan fingerprint density at radius 1 is 1.35 bits per heavy atom. The van der Waals surface area contributed by atoms with Crippen LogP contribution in [0.1, 0.15) is 11.2 Å². The monoisotopic (exact) mass is 294 g/mol. The van der Waals surface area contributed by atoms with E-state index in [9.17, 15) is 4.79 Å². The van der Waals surface area contributed by atoms with Crippen molar-refractivity contribution in [2.24, 2.45) is 0 Å². The molecule has 2 aromatic rings. The predicted molar refractivity (Wildman–Crippen MR) is 67.1 cm³/mol. The Morgan fingerprint density at radius 3 is 2.76 bits per heavy atom. The van der Waals surface area contributed by atoms with Crippen LogP contribution < -0.4 is 4.74 Å². The normalized spacial score (nSPS) is 10.2. The van der Waals surface area contributed by atoms with Gasteiger partial charge < -0.3 is 4.74 Å². The van der Waals surface area contributed by atoms with Crippen molar-refractivity contribution in [3.63, 3.8) is 0 Å². The number of nitrogens with zero attached hydrogens (tertiary/aromatic N) is 2. The van der Waals surface area contributed by atoms with Crippen LogP contribution in [-0.4, -0.2) is 22.1 Å². The Labute approximate surface area is 107 Å². The van der Waals surface area contributed by atoms with Crippen LogP contribution in [0, 0.1) is 0 Å². The van der Waals surface area contributed by atoms with Gasteiger partial charge >= 0.3 is 0 Å². The van der Waals surface area contributed by atoms with Gasteiger partial charge in [-0.1, -0.05) is 15.9 Å². The van der Waals surface area contributed by atoms with Gasteiger partial charge in [-0.05, 0) is 24.3 Å². The number of halogens is 1. The van der Waals surface area contributed by atoms with Gasteiger partial charge in [-0.15, -0.1) is 0 Å². The van der Waals surface area contributed by atoms with Crippen LogP contribution in [0.25, 0.3) is 0 Å². The predicted octanol–water partition coefficient (Wildman–Crippen LogP) is 2.75. The molecule has 0 unspecified atom stereocenters.